The van der Waals surface area contributed by atoms with Crippen LogP contribution in [0.25, 0.3) is 16.6 Å². The molecule has 3 heterocycles. The van der Waals surface area contributed by atoms with Gasteiger partial charge in [0, 0.05) is 49.2 Å². The van der Waals surface area contributed by atoms with E-state index in [1.807, 2.05) is 34.7 Å². The molecule has 1 fully saturated rings. The highest BCUT2D eigenvalue weighted by molar-refractivity contribution is 5.81. The number of anilines is 1. The van der Waals surface area contributed by atoms with Crippen LogP contribution in [0.15, 0.2) is 24.7 Å². The van der Waals surface area contributed by atoms with E-state index in [9.17, 15) is 5.11 Å². The highest BCUT2D eigenvalue weighted by Crippen LogP contribution is 2.37. The maximum atomic E-state index is 9.96. The van der Waals surface area contributed by atoms with E-state index in [1.54, 1.807) is 14.2 Å². The summed E-state index contributed by atoms with van der Waals surface area (Å²) in [6.45, 7) is 3.94. The average molecular weight is 429 g/mol. The van der Waals surface area contributed by atoms with Crippen LogP contribution in [0.3, 0.4) is 0 Å². The standard InChI is InChI=1S/C22H32N6O3/c1-15(14-31-3)25-22-23-12-21-19(17-11-24-27(13-17)8-9-30-2)10-20(28(21)26-22)16-4-6-18(29)7-5-16/h10-13,15-16,18,29H,4-9,14H2,1-3H3,(H,25,26)/t15-,16?,18?/m0/s1. The van der Waals surface area contributed by atoms with Gasteiger partial charge in [0.1, 0.15) is 0 Å². The van der Waals surface area contributed by atoms with Gasteiger partial charge in [0.05, 0.1) is 43.8 Å². The molecule has 1 aliphatic carbocycles. The van der Waals surface area contributed by atoms with Crippen LogP contribution in [0.2, 0.25) is 0 Å². The first-order valence-corrected chi connectivity index (χ1v) is 10.9. The second-order valence-corrected chi connectivity index (χ2v) is 8.35. The zero-order valence-corrected chi connectivity index (χ0v) is 18.5. The van der Waals surface area contributed by atoms with Gasteiger partial charge < -0.3 is 19.9 Å². The van der Waals surface area contributed by atoms with Gasteiger partial charge in [-0.2, -0.15) is 5.10 Å². The summed E-state index contributed by atoms with van der Waals surface area (Å²) >= 11 is 0. The number of aliphatic hydroxyl groups excluding tert-OH is 1. The minimum Gasteiger partial charge on any atom is -0.393 e. The second kappa shape index (κ2) is 9.76. The third-order valence-electron chi connectivity index (χ3n) is 5.92. The fraction of sp³-hybridized carbons (Fsp3) is 0.591. The monoisotopic (exact) mass is 428 g/mol. The number of nitrogens with one attached hydrogen (secondary N) is 1. The lowest BCUT2D eigenvalue weighted by atomic mass is 9.85. The number of ether oxygens (including phenoxy) is 2. The normalized spacial score (nSPS) is 20.3. The van der Waals surface area contributed by atoms with Crippen LogP contribution in [0.5, 0.6) is 0 Å². The van der Waals surface area contributed by atoms with Crippen molar-refractivity contribution in [2.24, 2.45) is 0 Å². The predicted molar refractivity (Wildman–Crippen MR) is 118 cm³/mol. The van der Waals surface area contributed by atoms with E-state index >= 15 is 0 Å². The topological polar surface area (TPSA) is 98.7 Å². The molecule has 0 aromatic carbocycles. The van der Waals surface area contributed by atoms with Crippen molar-refractivity contribution in [2.75, 3.05) is 32.8 Å². The first-order chi connectivity index (χ1) is 15.1. The molecule has 1 aliphatic rings. The molecule has 9 nitrogen and oxygen atoms in total. The number of aromatic nitrogens is 5. The number of hydrogen-bond acceptors (Lipinski definition) is 7. The minimum atomic E-state index is -0.192. The maximum absolute atomic E-state index is 9.96. The Bertz CT molecular complexity index is 992. The smallest absolute Gasteiger partial charge is 0.241 e. The molecule has 0 radical (unpaired) electrons. The van der Waals surface area contributed by atoms with Crippen molar-refractivity contribution in [3.05, 3.63) is 30.4 Å². The molecule has 168 valence electrons. The van der Waals surface area contributed by atoms with Crippen molar-refractivity contribution in [3.8, 4) is 11.1 Å². The number of rotatable bonds is 9. The molecule has 1 atom stereocenters. The highest BCUT2D eigenvalue weighted by atomic mass is 16.5. The lowest BCUT2D eigenvalue weighted by molar-refractivity contribution is 0.121. The zero-order chi connectivity index (χ0) is 21.8. The number of hydrogen-bond donors (Lipinski definition) is 2. The summed E-state index contributed by atoms with van der Waals surface area (Å²) in [6, 6.07) is 2.32. The molecule has 4 rings (SSSR count). The summed E-state index contributed by atoms with van der Waals surface area (Å²) in [5, 5.41) is 22.6. The third-order valence-corrected chi connectivity index (χ3v) is 5.92. The molecular weight excluding hydrogens is 396 g/mol. The Balaban J connectivity index is 1.71. The molecule has 3 aromatic heterocycles. The molecule has 0 amide bonds. The molecular formula is C22H32N6O3. The van der Waals surface area contributed by atoms with Gasteiger partial charge in [0.2, 0.25) is 5.95 Å². The van der Waals surface area contributed by atoms with Crippen LogP contribution in [-0.4, -0.2) is 69.1 Å². The molecule has 0 spiro atoms. The van der Waals surface area contributed by atoms with Crippen LogP contribution in [-0.2, 0) is 16.0 Å². The van der Waals surface area contributed by atoms with E-state index in [1.165, 1.54) is 0 Å². The molecule has 3 aromatic rings. The molecule has 0 saturated heterocycles. The van der Waals surface area contributed by atoms with Crippen molar-refractivity contribution < 1.29 is 14.6 Å². The lowest BCUT2D eigenvalue weighted by Crippen LogP contribution is -2.23. The van der Waals surface area contributed by atoms with Crippen LogP contribution in [0.1, 0.15) is 44.2 Å². The van der Waals surface area contributed by atoms with Gasteiger partial charge >= 0.3 is 0 Å². The van der Waals surface area contributed by atoms with Gasteiger partial charge in [0.15, 0.2) is 0 Å². The molecule has 2 N–H and O–H groups in total. The molecule has 31 heavy (non-hydrogen) atoms. The van der Waals surface area contributed by atoms with Crippen LogP contribution in [0, 0.1) is 0 Å². The summed E-state index contributed by atoms with van der Waals surface area (Å²) in [5.74, 6) is 0.930. The Morgan fingerprint density at radius 1 is 1.19 bits per heavy atom. The molecule has 9 heteroatoms. The zero-order valence-electron chi connectivity index (χ0n) is 18.5. The molecule has 0 aliphatic heterocycles. The van der Waals surface area contributed by atoms with Crippen LogP contribution >= 0.6 is 0 Å². The fourth-order valence-electron chi connectivity index (χ4n) is 4.30. The van der Waals surface area contributed by atoms with E-state index in [-0.39, 0.29) is 12.1 Å². The number of methoxy groups -OCH3 is 2. The Hall–Kier alpha value is -2.49. The molecule has 0 unspecified atom stereocenters. The van der Waals surface area contributed by atoms with Gasteiger partial charge in [-0.3, -0.25) is 4.68 Å². The molecule has 1 saturated carbocycles. The van der Waals surface area contributed by atoms with Crippen molar-refractivity contribution in [3.63, 3.8) is 0 Å². The SMILES string of the molecule is COCCn1cc(-c2cc(C3CCC(O)CC3)n3nc(N[C@@H](C)COC)ncc23)cn1. The van der Waals surface area contributed by atoms with E-state index in [4.69, 9.17) is 14.6 Å². The summed E-state index contributed by atoms with van der Waals surface area (Å²) in [4.78, 5) is 4.56. The number of nitrogens with zero attached hydrogens (tertiary/aromatic N) is 5. The van der Waals surface area contributed by atoms with E-state index in [2.05, 4.69) is 21.5 Å². The summed E-state index contributed by atoms with van der Waals surface area (Å²) in [6.07, 6.45) is 9.15. The number of fused-ring (bicyclic) bond motifs is 1. The quantitative estimate of drug-likeness (QED) is 0.541. The maximum Gasteiger partial charge on any atom is 0.241 e. The first-order valence-electron chi connectivity index (χ1n) is 10.9. The predicted octanol–water partition coefficient (Wildman–Crippen LogP) is 2.70. The van der Waals surface area contributed by atoms with E-state index in [0.29, 0.717) is 31.6 Å². The van der Waals surface area contributed by atoms with Crippen LogP contribution in [0.4, 0.5) is 5.95 Å². The van der Waals surface area contributed by atoms with Gasteiger partial charge in [-0.1, -0.05) is 0 Å². The Morgan fingerprint density at radius 2 is 2.00 bits per heavy atom. The van der Waals surface area contributed by atoms with Crippen molar-refractivity contribution in [2.45, 2.75) is 57.2 Å². The second-order valence-electron chi connectivity index (χ2n) is 8.35. The van der Waals surface area contributed by atoms with Crippen molar-refractivity contribution in [1.82, 2.24) is 24.4 Å². The fourth-order valence-corrected chi connectivity index (χ4v) is 4.30. The van der Waals surface area contributed by atoms with Gasteiger partial charge in [-0.05, 0) is 38.7 Å². The van der Waals surface area contributed by atoms with Gasteiger partial charge in [-0.25, -0.2) is 9.50 Å². The van der Waals surface area contributed by atoms with E-state index in [0.717, 1.165) is 48.0 Å². The largest absolute Gasteiger partial charge is 0.393 e. The lowest BCUT2D eigenvalue weighted by Gasteiger charge is -2.25. The summed E-state index contributed by atoms with van der Waals surface area (Å²) in [5.41, 5.74) is 4.22. The highest BCUT2D eigenvalue weighted by Gasteiger charge is 2.26. The van der Waals surface area contributed by atoms with Crippen LogP contribution < -0.4 is 5.32 Å². The third kappa shape index (κ3) is 4.89. The molecule has 0 bridgehead atoms. The summed E-state index contributed by atoms with van der Waals surface area (Å²) in [7, 11) is 3.37. The Morgan fingerprint density at radius 3 is 2.74 bits per heavy atom. The van der Waals surface area contributed by atoms with Crippen molar-refractivity contribution in [1.29, 1.82) is 0 Å². The minimum absolute atomic E-state index is 0.102. The van der Waals surface area contributed by atoms with E-state index < -0.39 is 0 Å². The van der Waals surface area contributed by atoms with Crippen molar-refractivity contribution >= 4 is 11.5 Å². The Labute approximate surface area is 182 Å². The summed E-state index contributed by atoms with van der Waals surface area (Å²) < 4.78 is 14.3. The Kier molecular flexibility index (Phi) is 6.84. The first kappa shape index (κ1) is 21.7. The number of aliphatic hydroxyl groups is 1. The van der Waals surface area contributed by atoms with Gasteiger partial charge in [0.25, 0.3) is 0 Å². The van der Waals surface area contributed by atoms with Gasteiger partial charge in [-0.15, -0.1) is 5.10 Å². The average Bonchev–Trinajstić information content (AvgIpc) is 3.37.